The van der Waals surface area contributed by atoms with E-state index in [2.05, 4.69) is 5.32 Å². The van der Waals surface area contributed by atoms with E-state index >= 15 is 0 Å². The van der Waals surface area contributed by atoms with Gasteiger partial charge in [0.2, 0.25) is 0 Å². The van der Waals surface area contributed by atoms with Crippen LogP contribution in [-0.4, -0.2) is 47.5 Å². The van der Waals surface area contributed by atoms with Crippen LogP contribution >= 0.6 is 0 Å². The molecular weight excluding hydrogens is 266 g/mol. The third kappa shape index (κ3) is 4.72. The average molecular weight is 285 g/mol. The second kappa shape index (κ2) is 7.73. The Morgan fingerprint density at radius 2 is 2.30 bits per heavy atom. The van der Waals surface area contributed by atoms with Gasteiger partial charge in [-0.05, 0) is 6.92 Å². The number of pyridine rings is 1. The molecule has 2 N–H and O–H groups in total. The van der Waals surface area contributed by atoms with Crippen molar-refractivity contribution in [1.82, 2.24) is 9.88 Å². The van der Waals surface area contributed by atoms with Crippen LogP contribution in [0.25, 0.3) is 0 Å². The molecule has 1 aromatic heterocycles. The number of hydrogen-bond donors (Lipinski definition) is 2. The number of nitrogens with zero attached hydrogens (tertiary/aromatic N) is 2. The molecule has 1 aromatic rings. The zero-order valence-electron chi connectivity index (χ0n) is 11.5. The van der Waals surface area contributed by atoms with E-state index < -0.39 is 11.0 Å². The molecule has 0 radical (unpaired) electrons. The van der Waals surface area contributed by atoms with Crippen LogP contribution in [0.2, 0.25) is 0 Å². The fraction of sp³-hybridized carbons (Fsp3) is 0.583. The number of nitrogens with one attached hydrogen (secondary N) is 1. The third-order valence-corrected chi connectivity index (χ3v) is 2.77. The van der Waals surface area contributed by atoms with Crippen molar-refractivity contribution in [3.05, 3.63) is 38.3 Å². The fourth-order valence-corrected chi connectivity index (χ4v) is 1.72. The summed E-state index contributed by atoms with van der Waals surface area (Å²) in [4.78, 5) is 22.0. The molecule has 0 aromatic carbocycles. The van der Waals surface area contributed by atoms with E-state index in [0.717, 1.165) is 10.8 Å². The minimum atomic E-state index is -0.813. The molecule has 1 unspecified atom stereocenters. The van der Waals surface area contributed by atoms with E-state index in [1.165, 1.54) is 13.0 Å². The summed E-state index contributed by atoms with van der Waals surface area (Å²) in [5.41, 5.74) is -0.197. The zero-order valence-corrected chi connectivity index (χ0v) is 11.5. The second-order valence-corrected chi connectivity index (χ2v) is 4.44. The Balaban J connectivity index is 2.69. The van der Waals surface area contributed by atoms with Gasteiger partial charge >= 0.3 is 0 Å². The van der Waals surface area contributed by atoms with E-state index in [4.69, 9.17) is 4.74 Å². The van der Waals surface area contributed by atoms with Gasteiger partial charge in [0.15, 0.2) is 0 Å². The maximum Gasteiger partial charge on any atom is 0.288 e. The smallest absolute Gasteiger partial charge is 0.288 e. The Labute approximate surface area is 116 Å². The Morgan fingerprint density at radius 1 is 1.60 bits per heavy atom. The van der Waals surface area contributed by atoms with Crippen LogP contribution in [-0.2, 0) is 11.3 Å². The molecule has 0 amide bonds. The summed E-state index contributed by atoms with van der Waals surface area (Å²) in [6, 6.07) is 1.20. The van der Waals surface area contributed by atoms with Crippen molar-refractivity contribution in [3.63, 3.8) is 0 Å². The lowest BCUT2D eigenvalue weighted by Crippen LogP contribution is -2.35. The number of methoxy groups -OCH3 is 1. The fourth-order valence-electron chi connectivity index (χ4n) is 1.72. The zero-order chi connectivity index (χ0) is 15.1. The van der Waals surface area contributed by atoms with Crippen LogP contribution < -0.4 is 10.9 Å². The quantitative estimate of drug-likeness (QED) is 0.384. The van der Waals surface area contributed by atoms with E-state index in [-0.39, 0.29) is 24.3 Å². The first-order valence-electron chi connectivity index (χ1n) is 6.19. The van der Waals surface area contributed by atoms with Gasteiger partial charge in [-0.3, -0.25) is 14.9 Å². The number of rotatable bonds is 8. The van der Waals surface area contributed by atoms with Gasteiger partial charge in [-0.1, -0.05) is 0 Å². The van der Waals surface area contributed by atoms with Crippen molar-refractivity contribution in [1.29, 1.82) is 0 Å². The van der Waals surface area contributed by atoms with E-state index in [1.54, 1.807) is 7.11 Å². The van der Waals surface area contributed by atoms with Crippen molar-refractivity contribution in [3.8, 4) is 0 Å². The number of aryl methyl sites for hydroxylation is 1. The monoisotopic (exact) mass is 285 g/mol. The lowest BCUT2D eigenvalue weighted by molar-refractivity contribution is -0.386. The molecule has 112 valence electrons. The van der Waals surface area contributed by atoms with Crippen molar-refractivity contribution >= 4 is 5.69 Å². The molecular formula is C12H19N3O5. The van der Waals surface area contributed by atoms with Gasteiger partial charge in [0.1, 0.15) is 0 Å². The highest BCUT2D eigenvalue weighted by Crippen LogP contribution is 2.14. The molecule has 1 rings (SSSR count). The summed E-state index contributed by atoms with van der Waals surface area (Å²) in [6.45, 7) is 2.88. The maximum absolute atomic E-state index is 11.7. The highest BCUT2D eigenvalue weighted by Gasteiger charge is 2.15. The first-order chi connectivity index (χ1) is 9.45. The molecule has 0 spiro atoms. The van der Waals surface area contributed by atoms with Gasteiger partial charge in [0.05, 0.1) is 30.4 Å². The molecule has 1 atom stereocenters. The number of aliphatic hydroxyl groups excluding tert-OH is 1. The Kier molecular flexibility index (Phi) is 6.29. The van der Waals surface area contributed by atoms with Gasteiger partial charge in [-0.2, -0.15) is 0 Å². The first-order valence-corrected chi connectivity index (χ1v) is 6.19. The van der Waals surface area contributed by atoms with Crippen LogP contribution in [0.4, 0.5) is 5.69 Å². The maximum atomic E-state index is 11.7. The third-order valence-electron chi connectivity index (χ3n) is 2.77. The summed E-state index contributed by atoms with van der Waals surface area (Å²) >= 11 is 0. The van der Waals surface area contributed by atoms with Crippen molar-refractivity contribution in [2.24, 2.45) is 0 Å². The van der Waals surface area contributed by atoms with Gasteiger partial charge in [-0.25, -0.2) is 0 Å². The molecule has 0 saturated heterocycles. The molecule has 0 bridgehead atoms. The Bertz CT molecular complexity index is 514. The molecule has 1 heterocycles. The molecule has 8 heteroatoms. The van der Waals surface area contributed by atoms with Gasteiger partial charge in [0.25, 0.3) is 11.2 Å². The predicted molar refractivity (Wildman–Crippen MR) is 72.8 cm³/mol. The minimum Gasteiger partial charge on any atom is -0.390 e. The molecule has 0 aliphatic rings. The lowest BCUT2D eigenvalue weighted by atomic mass is 10.2. The molecule has 0 saturated carbocycles. The van der Waals surface area contributed by atoms with Crippen LogP contribution in [0.5, 0.6) is 0 Å². The second-order valence-electron chi connectivity index (χ2n) is 4.44. The van der Waals surface area contributed by atoms with Gasteiger partial charge < -0.3 is 19.7 Å². The standard InChI is InChI=1S/C12H19N3O5/c1-9-5-12(17)14(8-11(9)15(18)19)7-10(16)6-13-3-4-20-2/h5,8,10,13,16H,3-4,6-7H2,1-2H3. The van der Waals surface area contributed by atoms with Crippen LogP contribution in [0.15, 0.2) is 17.1 Å². The molecule has 0 aliphatic heterocycles. The Morgan fingerprint density at radius 3 is 2.90 bits per heavy atom. The van der Waals surface area contributed by atoms with Crippen LogP contribution in [0.1, 0.15) is 5.56 Å². The topological polar surface area (TPSA) is 107 Å². The largest absolute Gasteiger partial charge is 0.390 e. The highest BCUT2D eigenvalue weighted by molar-refractivity contribution is 5.35. The number of ether oxygens (including phenoxy) is 1. The molecule has 0 aliphatic carbocycles. The lowest BCUT2D eigenvalue weighted by Gasteiger charge is -2.13. The number of aliphatic hydroxyl groups is 1. The minimum absolute atomic E-state index is 0.0000640. The predicted octanol–water partition coefficient (Wildman–Crippen LogP) is -0.338. The summed E-state index contributed by atoms with van der Waals surface area (Å²) < 4.78 is 5.99. The number of hydrogen-bond acceptors (Lipinski definition) is 6. The number of aromatic nitrogens is 1. The van der Waals surface area contributed by atoms with Crippen LogP contribution in [0.3, 0.4) is 0 Å². The average Bonchev–Trinajstić information content (AvgIpc) is 2.37. The SMILES string of the molecule is COCCNCC(O)Cn1cc([N+](=O)[O-])c(C)cc1=O. The van der Waals surface area contributed by atoms with E-state index in [9.17, 15) is 20.0 Å². The number of nitro groups is 1. The summed E-state index contributed by atoms with van der Waals surface area (Å²) in [5, 5.41) is 23.6. The van der Waals surface area contributed by atoms with Crippen molar-refractivity contribution in [2.75, 3.05) is 26.8 Å². The van der Waals surface area contributed by atoms with Crippen molar-refractivity contribution < 1.29 is 14.8 Å². The first kappa shape index (κ1) is 16.3. The van der Waals surface area contributed by atoms with E-state index in [1.807, 2.05) is 0 Å². The van der Waals surface area contributed by atoms with E-state index in [0.29, 0.717) is 18.7 Å². The van der Waals surface area contributed by atoms with Crippen LogP contribution in [0, 0.1) is 17.0 Å². The highest BCUT2D eigenvalue weighted by atomic mass is 16.6. The van der Waals surface area contributed by atoms with Crippen molar-refractivity contribution in [2.45, 2.75) is 19.6 Å². The summed E-state index contributed by atoms with van der Waals surface area (Å²) in [7, 11) is 1.57. The normalized spacial score (nSPS) is 12.3. The summed E-state index contributed by atoms with van der Waals surface area (Å²) in [5.74, 6) is 0. The molecule has 20 heavy (non-hydrogen) atoms. The van der Waals surface area contributed by atoms with Gasteiger partial charge in [0, 0.05) is 31.8 Å². The van der Waals surface area contributed by atoms with Gasteiger partial charge in [-0.15, -0.1) is 0 Å². The molecule has 8 nitrogen and oxygen atoms in total. The molecule has 0 fully saturated rings. The Hall–Kier alpha value is -1.77. The summed E-state index contributed by atoms with van der Waals surface area (Å²) in [6.07, 6.45) is 0.350.